The summed E-state index contributed by atoms with van der Waals surface area (Å²) in [6.45, 7) is 24.7. The molecule has 13 rings (SSSR count). The molecule has 0 unspecified atom stereocenters. The summed E-state index contributed by atoms with van der Waals surface area (Å²) < 4.78 is 0. The van der Waals surface area contributed by atoms with Gasteiger partial charge >= 0.3 is 6.85 Å². The Balaban J connectivity index is 1.19. The van der Waals surface area contributed by atoms with E-state index in [1.54, 1.807) is 0 Å². The van der Waals surface area contributed by atoms with Crippen molar-refractivity contribution < 1.29 is 0 Å². The summed E-state index contributed by atoms with van der Waals surface area (Å²) in [5.41, 5.74) is 28.2. The van der Waals surface area contributed by atoms with Gasteiger partial charge < -0.3 is 9.71 Å². The first-order valence-electron chi connectivity index (χ1n) is 26.0. The van der Waals surface area contributed by atoms with Crippen LogP contribution in [0.25, 0.3) is 44.5 Å². The van der Waals surface area contributed by atoms with E-state index in [0.717, 1.165) is 12.8 Å². The highest BCUT2D eigenvalue weighted by molar-refractivity contribution is 6.93. The minimum atomic E-state index is -0.269. The largest absolute Gasteiger partial charge is 0.376 e. The number of hydrogen-bond acceptors (Lipinski definition) is 2. The number of nitrogens with zero attached hydrogens (tertiary/aromatic N) is 2. The first-order chi connectivity index (χ1) is 33.4. The summed E-state index contributed by atoms with van der Waals surface area (Å²) in [5.74, 6) is 0. The third-order valence-corrected chi connectivity index (χ3v) is 18.1. The summed E-state index contributed by atoms with van der Waals surface area (Å²) in [6.07, 6.45) is 4.68. The Labute approximate surface area is 417 Å². The van der Waals surface area contributed by atoms with Crippen LogP contribution in [0.3, 0.4) is 0 Å². The van der Waals surface area contributed by atoms with E-state index in [1.807, 2.05) is 0 Å². The normalized spacial score (nSPS) is 18.7. The zero-order chi connectivity index (χ0) is 48.3. The molecule has 0 saturated carbocycles. The molecule has 0 N–H and O–H groups in total. The Kier molecular flexibility index (Phi) is 9.15. The van der Waals surface area contributed by atoms with Crippen molar-refractivity contribution in [3.63, 3.8) is 0 Å². The number of fused-ring (bicyclic) bond motifs is 10. The molecule has 0 atom stereocenters. The topological polar surface area (TPSA) is 6.48 Å². The lowest BCUT2D eigenvalue weighted by molar-refractivity contribution is 0.332. The maximum absolute atomic E-state index is 2.79. The second kappa shape index (κ2) is 14.7. The molecule has 2 heterocycles. The van der Waals surface area contributed by atoms with Crippen LogP contribution in [0.5, 0.6) is 0 Å². The van der Waals surface area contributed by atoms with Crippen molar-refractivity contribution in [2.45, 2.75) is 122 Å². The fourth-order valence-electron chi connectivity index (χ4n) is 13.9. The molecule has 2 aliphatic heterocycles. The smallest absolute Gasteiger partial charge is 0.333 e. The van der Waals surface area contributed by atoms with Crippen molar-refractivity contribution in [2.75, 3.05) is 9.71 Å². The SMILES string of the molecule is CC1(C)CCC(C)(C)c2cc(N3B4c5cc6c(cc5N(c5ccc(-c7ccccc7)cc5)c5c4c(cc4c5C(C)(C)c5ccccc5-4)-c4cc(-c5ccccc5)ccc43)C(C)(C)CCC6(C)C)ccc21. The fraction of sp³-hybridized carbons (Fsp3) is 0.284. The van der Waals surface area contributed by atoms with Crippen LogP contribution in [0.2, 0.25) is 0 Å². The quantitative estimate of drug-likeness (QED) is 0.162. The van der Waals surface area contributed by atoms with Gasteiger partial charge in [-0.05, 0) is 179 Å². The highest BCUT2D eigenvalue weighted by Crippen LogP contribution is 2.59. The Bertz CT molecular complexity index is 3460. The fourth-order valence-corrected chi connectivity index (χ4v) is 13.9. The van der Waals surface area contributed by atoms with Crippen LogP contribution < -0.4 is 20.6 Å². The molecule has 0 bridgehead atoms. The molecular weight excluding hydrogens is 844 g/mol. The second-order valence-corrected chi connectivity index (χ2v) is 24.6. The average Bonchev–Trinajstić information content (AvgIpc) is 3.59. The maximum atomic E-state index is 2.79. The van der Waals surface area contributed by atoms with Crippen molar-refractivity contribution in [1.29, 1.82) is 0 Å². The number of hydrogen-bond donors (Lipinski definition) is 0. The van der Waals surface area contributed by atoms with Crippen molar-refractivity contribution in [3.8, 4) is 44.5 Å². The van der Waals surface area contributed by atoms with Crippen LogP contribution in [0.1, 0.15) is 128 Å². The van der Waals surface area contributed by atoms with Gasteiger partial charge in [0.25, 0.3) is 0 Å². The standard InChI is InChI=1S/C67H65BN2/c1-63(2)33-34-64(3,4)54-38-47(30-31-53(54)63)70-58-32-27-45(43-21-15-12-16-22-43)37-49(58)51-39-50-48-23-17-18-24-52(48)67(9,10)60(50)62-61(51)68(70)57-40-55-56(66(7,8)36-35-65(55,5)6)41-59(57)69(62)46-28-25-44(26-29-46)42-19-13-11-14-20-42/h11-32,37-41H,33-36H2,1-10H3. The molecule has 0 saturated heterocycles. The van der Waals surface area contributed by atoms with Crippen molar-refractivity contribution >= 4 is 46.2 Å². The van der Waals surface area contributed by atoms with Gasteiger partial charge in [-0.2, -0.15) is 0 Å². The van der Waals surface area contributed by atoms with Gasteiger partial charge in [0.1, 0.15) is 0 Å². The van der Waals surface area contributed by atoms with E-state index in [0.29, 0.717) is 0 Å². The average molecular weight is 909 g/mol. The molecule has 0 amide bonds. The predicted octanol–water partition coefficient (Wildman–Crippen LogP) is 16.7. The molecule has 346 valence electrons. The predicted molar refractivity (Wildman–Crippen MR) is 299 cm³/mol. The van der Waals surface area contributed by atoms with Gasteiger partial charge in [-0.1, -0.05) is 184 Å². The van der Waals surface area contributed by atoms with E-state index < -0.39 is 0 Å². The van der Waals surface area contributed by atoms with Gasteiger partial charge in [0.05, 0.1) is 0 Å². The van der Waals surface area contributed by atoms with Gasteiger partial charge in [0.2, 0.25) is 0 Å². The zero-order valence-electron chi connectivity index (χ0n) is 42.9. The Morgan fingerprint density at radius 3 is 1.56 bits per heavy atom. The molecule has 3 heteroatoms. The van der Waals surface area contributed by atoms with Gasteiger partial charge in [-0.3, -0.25) is 0 Å². The van der Waals surface area contributed by atoms with Crippen molar-refractivity contribution in [3.05, 3.63) is 197 Å². The van der Waals surface area contributed by atoms with E-state index >= 15 is 0 Å². The molecule has 2 nitrogen and oxygen atoms in total. The van der Waals surface area contributed by atoms with E-state index in [9.17, 15) is 0 Å². The lowest BCUT2D eigenvalue weighted by Gasteiger charge is -2.50. The number of anilines is 5. The lowest BCUT2D eigenvalue weighted by Crippen LogP contribution is -2.62. The Morgan fingerprint density at radius 2 is 0.900 bits per heavy atom. The minimum Gasteiger partial charge on any atom is -0.376 e. The summed E-state index contributed by atoms with van der Waals surface area (Å²) in [4.78, 5) is 5.52. The van der Waals surface area contributed by atoms with Gasteiger partial charge in [-0.25, -0.2) is 0 Å². The highest BCUT2D eigenvalue weighted by atomic mass is 15.2. The van der Waals surface area contributed by atoms with Crippen LogP contribution in [-0.4, -0.2) is 6.85 Å². The Hall–Kier alpha value is -6.58. The molecule has 5 aliphatic rings. The third kappa shape index (κ3) is 6.18. The highest BCUT2D eigenvalue weighted by Gasteiger charge is 2.52. The van der Waals surface area contributed by atoms with Crippen LogP contribution >= 0.6 is 0 Å². The van der Waals surface area contributed by atoms with Crippen LogP contribution in [-0.2, 0) is 27.1 Å². The molecule has 8 aromatic carbocycles. The van der Waals surface area contributed by atoms with Crippen LogP contribution in [0.4, 0.5) is 28.4 Å². The van der Waals surface area contributed by atoms with E-state index in [-0.39, 0.29) is 33.9 Å². The zero-order valence-corrected chi connectivity index (χ0v) is 42.9. The van der Waals surface area contributed by atoms with E-state index in [2.05, 4.69) is 243 Å². The number of benzene rings is 8. The van der Waals surface area contributed by atoms with E-state index in [1.165, 1.54) is 130 Å². The Morgan fingerprint density at radius 1 is 0.371 bits per heavy atom. The van der Waals surface area contributed by atoms with Gasteiger partial charge in [-0.15, -0.1) is 0 Å². The molecule has 0 spiro atoms. The van der Waals surface area contributed by atoms with Crippen LogP contribution in [0, 0.1) is 0 Å². The van der Waals surface area contributed by atoms with Gasteiger partial charge in [0.15, 0.2) is 0 Å². The monoisotopic (exact) mass is 909 g/mol. The van der Waals surface area contributed by atoms with Crippen molar-refractivity contribution in [2.24, 2.45) is 0 Å². The molecule has 8 aromatic rings. The molecule has 0 aromatic heterocycles. The summed E-state index contributed by atoms with van der Waals surface area (Å²) in [7, 11) is 0. The molecular formula is C67H65BN2. The minimum absolute atomic E-state index is 0.0197. The molecule has 0 radical (unpaired) electrons. The summed E-state index contributed by atoms with van der Waals surface area (Å²) in [5, 5.41) is 0. The van der Waals surface area contributed by atoms with Crippen LogP contribution in [0.15, 0.2) is 164 Å². The second-order valence-electron chi connectivity index (χ2n) is 24.6. The molecule has 3 aliphatic carbocycles. The third-order valence-electron chi connectivity index (χ3n) is 18.1. The van der Waals surface area contributed by atoms with Crippen molar-refractivity contribution in [1.82, 2.24) is 0 Å². The number of rotatable bonds is 4. The summed E-state index contributed by atoms with van der Waals surface area (Å²) >= 11 is 0. The lowest BCUT2D eigenvalue weighted by atomic mass is 9.42. The first kappa shape index (κ1) is 43.4. The first-order valence-corrected chi connectivity index (χ1v) is 26.0. The van der Waals surface area contributed by atoms with E-state index in [4.69, 9.17) is 0 Å². The molecule has 70 heavy (non-hydrogen) atoms. The summed E-state index contributed by atoms with van der Waals surface area (Å²) in [6, 6.07) is 63.5. The maximum Gasteiger partial charge on any atom is 0.333 e. The molecule has 0 fully saturated rings. The van der Waals surface area contributed by atoms with Gasteiger partial charge in [0, 0.05) is 39.4 Å².